The molecule has 69 heavy (non-hydrogen) atoms. The van der Waals surface area contributed by atoms with Crippen LogP contribution >= 0.6 is 0 Å². The third-order valence-corrected chi connectivity index (χ3v) is 13.6. The maximum Gasteiger partial charge on any atom is 0.306 e. The highest BCUT2D eigenvalue weighted by atomic mass is 16.6. The van der Waals surface area contributed by atoms with Crippen LogP contribution in [0.5, 0.6) is 0 Å². The van der Waals surface area contributed by atoms with Gasteiger partial charge in [0.2, 0.25) is 0 Å². The number of allylic oxidation sites excluding steroid dienone is 6. The minimum absolute atomic E-state index is 0.0825. The molecule has 0 bridgehead atoms. The van der Waals surface area contributed by atoms with Gasteiger partial charge in [0.15, 0.2) is 6.10 Å². The lowest BCUT2D eigenvalue weighted by atomic mass is 10.0. The van der Waals surface area contributed by atoms with Gasteiger partial charge < -0.3 is 14.2 Å². The number of rotatable bonds is 56. The molecule has 0 spiro atoms. The topological polar surface area (TPSA) is 78.9 Å². The summed E-state index contributed by atoms with van der Waals surface area (Å²) in [7, 11) is 0. The van der Waals surface area contributed by atoms with Crippen LogP contribution in [0.1, 0.15) is 329 Å². The summed E-state index contributed by atoms with van der Waals surface area (Å²) in [6, 6.07) is 0. The van der Waals surface area contributed by atoms with Gasteiger partial charge in [-0.15, -0.1) is 0 Å². The number of carbonyl (C=O) groups is 3. The highest BCUT2D eigenvalue weighted by molar-refractivity contribution is 5.71. The summed E-state index contributed by atoms with van der Waals surface area (Å²) in [5, 5.41) is 0. The van der Waals surface area contributed by atoms with Crippen molar-refractivity contribution in [2.24, 2.45) is 0 Å². The average Bonchev–Trinajstić information content (AvgIpc) is 3.35. The number of ether oxygens (including phenoxy) is 3. The molecule has 0 aromatic carbocycles. The van der Waals surface area contributed by atoms with Crippen LogP contribution in [0.4, 0.5) is 0 Å². The molecular formula is C63H116O6. The molecule has 0 fully saturated rings. The third kappa shape index (κ3) is 56.4. The molecule has 0 rings (SSSR count). The van der Waals surface area contributed by atoms with Crippen molar-refractivity contribution in [1.29, 1.82) is 0 Å². The van der Waals surface area contributed by atoms with Gasteiger partial charge >= 0.3 is 17.9 Å². The van der Waals surface area contributed by atoms with Crippen molar-refractivity contribution in [3.63, 3.8) is 0 Å². The van der Waals surface area contributed by atoms with Crippen LogP contribution in [-0.4, -0.2) is 37.2 Å². The molecule has 0 saturated carbocycles. The van der Waals surface area contributed by atoms with Crippen LogP contribution in [0.3, 0.4) is 0 Å². The summed E-state index contributed by atoms with van der Waals surface area (Å²) in [4.78, 5) is 38.2. The van der Waals surface area contributed by atoms with Gasteiger partial charge in [-0.1, -0.05) is 295 Å². The Labute approximate surface area is 429 Å². The standard InChI is InChI=1S/C63H116O6/c1-4-7-10-13-16-19-22-25-27-29-30-31-32-34-36-39-41-44-47-50-53-56-62(65)68-59-60(69-63(66)57-54-51-48-45-42-37-24-21-18-15-12-9-6-3)58-67-61(64)55-52-49-46-43-40-38-35-33-28-26-23-20-17-14-11-8-5-2/h26,28,35,38,43,46,60H,4-25,27,29-34,36-37,39-42,44-45,47-59H2,1-3H3/b28-26-,38-35-,46-43-/t60-/m1/s1. The lowest BCUT2D eigenvalue weighted by Crippen LogP contribution is -2.30. The second-order valence-electron chi connectivity index (χ2n) is 20.6. The zero-order valence-corrected chi connectivity index (χ0v) is 46.3. The molecule has 0 aliphatic heterocycles. The Morgan fingerprint density at radius 3 is 0.870 bits per heavy atom. The van der Waals surface area contributed by atoms with E-state index in [-0.39, 0.29) is 31.1 Å². The van der Waals surface area contributed by atoms with E-state index in [2.05, 4.69) is 57.2 Å². The number of hydrogen-bond donors (Lipinski definition) is 0. The van der Waals surface area contributed by atoms with Crippen molar-refractivity contribution in [1.82, 2.24) is 0 Å². The summed E-state index contributed by atoms with van der Waals surface area (Å²) >= 11 is 0. The molecule has 6 nitrogen and oxygen atoms in total. The predicted octanol–water partition coefficient (Wildman–Crippen LogP) is 20.4. The maximum atomic E-state index is 12.8. The van der Waals surface area contributed by atoms with E-state index in [1.165, 1.54) is 225 Å². The fourth-order valence-corrected chi connectivity index (χ4v) is 9.05. The van der Waals surface area contributed by atoms with Crippen LogP contribution in [0.25, 0.3) is 0 Å². The Bertz CT molecular complexity index is 1160. The van der Waals surface area contributed by atoms with E-state index in [0.29, 0.717) is 25.7 Å². The summed E-state index contributed by atoms with van der Waals surface area (Å²) in [5.41, 5.74) is 0. The Morgan fingerprint density at radius 1 is 0.290 bits per heavy atom. The number of hydrogen-bond acceptors (Lipinski definition) is 6. The third-order valence-electron chi connectivity index (χ3n) is 13.6. The van der Waals surface area contributed by atoms with Crippen LogP contribution in [0, 0.1) is 0 Å². The van der Waals surface area contributed by atoms with Crippen molar-refractivity contribution >= 4 is 17.9 Å². The first kappa shape index (κ1) is 66.6. The summed E-state index contributed by atoms with van der Waals surface area (Å²) in [6.45, 7) is 6.64. The van der Waals surface area contributed by atoms with Crippen LogP contribution in [-0.2, 0) is 28.6 Å². The Hall–Kier alpha value is -2.37. The zero-order chi connectivity index (χ0) is 50.0. The van der Waals surface area contributed by atoms with E-state index < -0.39 is 6.10 Å². The van der Waals surface area contributed by atoms with Crippen molar-refractivity contribution in [2.45, 2.75) is 335 Å². The van der Waals surface area contributed by atoms with Gasteiger partial charge in [0, 0.05) is 19.3 Å². The second kappa shape index (κ2) is 58.2. The minimum atomic E-state index is -0.788. The van der Waals surface area contributed by atoms with E-state index in [1.807, 2.05) is 0 Å². The molecule has 0 N–H and O–H groups in total. The van der Waals surface area contributed by atoms with E-state index in [1.54, 1.807) is 0 Å². The monoisotopic (exact) mass is 969 g/mol. The summed E-state index contributed by atoms with van der Waals surface area (Å²) in [6.07, 6.45) is 70.1. The molecule has 0 unspecified atom stereocenters. The van der Waals surface area contributed by atoms with E-state index in [0.717, 1.165) is 57.8 Å². The number of unbranched alkanes of at least 4 members (excludes halogenated alkanes) is 39. The van der Waals surface area contributed by atoms with Crippen molar-refractivity contribution in [3.8, 4) is 0 Å². The highest BCUT2D eigenvalue weighted by Crippen LogP contribution is 2.17. The lowest BCUT2D eigenvalue weighted by molar-refractivity contribution is -0.167. The van der Waals surface area contributed by atoms with E-state index in [9.17, 15) is 14.4 Å². The Kier molecular flexibility index (Phi) is 56.2. The smallest absolute Gasteiger partial charge is 0.306 e. The maximum absolute atomic E-state index is 12.8. The van der Waals surface area contributed by atoms with Gasteiger partial charge in [-0.3, -0.25) is 14.4 Å². The van der Waals surface area contributed by atoms with Crippen molar-refractivity contribution < 1.29 is 28.6 Å². The second-order valence-corrected chi connectivity index (χ2v) is 20.6. The van der Waals surface area contributed by atoms with Crippen LogP contribution in [0.2, 0.25) is 0 Å². The zero-order valence-electron chi connectivity index (χ0n) is 46.3. The molecule has 1 atom stereocenters. The molecular weight excluding hydrogens is 853 g/mol. The fraction of sp³-hybridized carbons (Fsp3) is 0.857. The minimum Gasteiger partial charge on any atom is -0.462 e. The molecule has 0 aliphatic carbocycles. The predicted molar refractivity (Wildman–Crippen MR) is 298 cm³/mol. The quantitative estimate of drug-likeness (QED) is 0.0261. The van der Waals surface area contributed by atoms with Gasteiger partial charge in [0.1, 0.15) is 13.2 Å². The molecule has 0 aromatic heterocycles. The fourth-order valence-electron chi connectivity index (χ4n) is 9.05. The van der Waals surface area contributed by atoms with E-state index >= 15 is 0 Å². The van der Waals surface area contributed by atoms with Crippen molar-refractivity contribution in [3.05, 3.63) is 36.5 Å². The molecule has 0 aromatic rings. The highest BCUT2D eigenvalue weighted by Gasteiger charge is 2.19. The van der Waals surface area contributed by atoms with Gasteiger partial charge in [0.05, 0.1) is 0 Å². The lowest BCUT2D eigenvalue weighted by Gasteiger charge is -2.18. The van der Waals surface area contributed by atoms with Gasteiger partial charge in [-0.25, -0.2) is 0 Å². The van der Waals surface area contributed by atoms with Gasteiger partial charge in [-0.2, -0.15) is 0 Å². The first-order chi connectivity index (χ1) is 34.0. The summed E-state index contributed by atoms with van der Waals surface area (Å²) in [5.74, 6) is -0.916. The van der Waals surface area contributed by atoms with Crippen LogP contribution in [0.15, 0.2) is 36.5 Å². The van der Waals surface area contributed by atoms with Gasteiger partial charge in [0.25, 0.3) is 0 Å². The van der Waals surface area contributed by atoms with Crippen LogP contribution < -0.4 is 0 Å². The number of esters is 3. The molecule has 404 valence electrons. The first-order valence-corrected chi connectivity index (χ1v) is 30.5. The Morgan fingerprint density at radius 2 is 0.536 bits per heavy atom. The molecule has 0 amide bonds. The van der Waals surface area contributed by atoms with Crippen molar-refractivity contribution in [2.75, 3.05) is 13.2 Å². The first-order valence-electron chi connectivity index (χ1n) is 30.5. The van der Waals surface area contributed by atoms with E-state index in [4.69, 9.17) is 14.2 Å². The SMILES string of the molecule is CCCCCCCC/C=C\C/C=C\C/C=C\CCCC(=O)OC[C@H](COC(=O)CCCCCCCCCCCCCCCCCCCCCCC)OC(=O)CCCCCCCCCCCCCCC. The number of carbonyl (C=O) groups excluding carboxylic acids is 3. The molecule has 0 aliphatic rings. The molecule has 0 heterocycles. The average molecular weight is 970 g/mol. The largest absolute Gasteiger partial charge is 0.462 e. The normalized spacial score (nSPS) is 12.2. The Balaban J connectivity index is 4.33. The molecule has 0 saturated heterocycles. The summed E-state index contributed by atoms with van der Waals surface area (Å²) < 4.78 is 16.9. The van der Waals surface area contributed by atoms with Gasteiger partial charge in [-0.05, 0) is 51.4 Å². The molecule has 0 radical (unpaired) electrons. The molecule has 6 heteroatoms.